The van der Waals surface area contributed by atoms with Gasteiger partial charge in [0.1, 0.15) is 0 Å². The van der Waals surface area contributed by atoms with Crippen LogP contribution in [0.1, 0.15) is 11.1 Å². The van der Waals surface area contributed by atoms with E-state index in [2.05, 4.69) is 6.07 Å². The number of nitrogens with zero attached hydrogens (tertiary/aromatic N) is 1. The Morgan fingerprint density at radius 3 is 1.57 bits per heavy atom. The average molecular weight is 461 g/mol. The number of benzene rings is 3. The Kier molecular flexibility index (Phi) is 6.36. The number of hydrogen-bond acceptors (Lipinski definition) is 2. The fourth-order valence-electron chi connectivity index (χ4n) is 2.76. The molecule has 0 aliphatic heterocycles. The Hall–Kier alpha value is -2.82. The van der Waals surface area contributed by atoms with Gasteiger partial charge >= 0.3 is 44.7 Å². The summed E-state index contributed by atoms with van der Waals surface area (Å²) >= 11 is 0.548. The molecule has 0 heterocycles. The van der Waals surface area contributed by atoms with E-state index in [1.165, 1.54) is 0 Å². The third-order valence-corrected chi connectivity index (χ3v) is 4.18. The van der Waals surface area contributed by atoms with Gasteiger partial charge in [-0.2, -0.15) is 5.26 Å². The molecule has 0 spiro atoms. The van der Waals surface area contributed by atoms with E-state index in [-0.39, 0.29) is 0 Å². The third kappa shape index (κ3) is 7.90. The van der Waals surface area contributed by atoms with E-state index in [1.54, 1.807) is 6.07 Å². The van der Waals surface area contributed by atoms with Crippen molar-refractivity contribution in [2.75, 3.05) is 0 Å². The van der Waals surface area contributed by atoms with Crippen molar-refractivity contribution in [3.8, 4) is 28.3 Å². The summed E-state index contributed by atoms with van der Waals surface area (Å²) in [6.45, 7) is 0. The van der Waals surface area contributed by atoms with Gasteiger partial charge in [0.25, 0.3) is 5.75 Å². The molecule has 0 N–H and O–H groups in total. The molecule has 0 aromatic heterocycles. The Morgan fingerprint density at radius 1 is 0.733 bits per heavy atom. The van der Waals surface area contributed by atoms with Crippen molar-refractivity contribution in [2.45, 2.75) is 5.75 Å². The van der Waals surface area contributed by atoms with Gasteiger partial charge in [-0.3, -0.25) is 0 Å². The number of nitriles is 1. The van der Waals surface area contributed by atoms with E-state index >= 15 is 0 Å². The first-order valence-electron chi connectivity index (χ1n) is 8.28. The minimum Gasteiger partial charge on any atom is -0.192 e. The maximum atomic E-state index is 11.1. The van der Waals surface area contributed by atoms with Crippen LogP contribution in [0.3, 0.4) is 0 Å². The smallest absolute Gasteiger partial charge is 0.192 e. The molecule has 0 bridgehead atoms. The quantitative estimate of drug-likeness (QED) is 0.223. The van der Waals surface area contributed by atoms with Crippen molar-refractivity contribution in [1.29, 1.82) is 5.26 Å². The Morgan fingerprint density at radius 2 is 1.17 bits per heavy atom. The van der Waals surface area contributed by atoms with Crippen molar-refractivity contribution >= 4 is 19.5 Å². The Bertz CT molecular complexity index is 1070. The van der Waals surface area contributed by atoms with E-state index in [9.17, 15) is 34.7 Å². The predicted molar refractivity (Wildman–Crippen MR) is 107 cm³/mol. The molecule has 0 saturated heterocycles. The minimum absolute atomic E-state index is 0.371. The summed E-state index contributed by atoms with van der Waals surface area (Å²) < 4.78 is 70.3. The topological polar surface area (TPSA) is 40.9 Å². The van der Waals surface area contributed by atoms with Gasteiger partial charge in [-0.1, -0.05) is 66.7 Å². The van der Waals surface area contributed by atoms with Crippen LogP contribution in [-0.4, -0.2) is 0 Å². The van der Waals surface area contributed by atoms with Crippen LogP contribution in [-0.2, 0) is 21.6 Å². The average Bonchev–Trinajstić information content (AvgIpc) is 2.67. The van der Waals surface area contributed by atoms with E-state index in [1.807, 2.05) is 66.7 Å². The normalized spacial score (nSPS) is 13.1. The van der Waals surface area contributed by atoms with Crippen molar-refractivity contribution in [3.63, 3.8) is 0 Å². The zero-order valence-electron chi connectivity index (χ0n) is 15.1. The molecule has 0 fully saturated rings. The molecule has 3 aromatic rings. The molecule has 30 heavy (non-hydrogen) atoms. The van der Waals surface area contributed by atoms with E-state index in [4.69, 9.17) is 0 Å². The summed E-state index contributed by atoms with van der Waals surface area (Å²) in [5.74, 6) is 0.371. The van der Waals surface area contributed by atoms with Crippen molar-refractivity contribution in [1.82, 2.24) is 0 Å². The summed E-state index contributed by atoms with van der Waals surface area (Å²) in [4.78, 5) is 0. The van der Waals surface area contributed by atoms with Gasteiger partial charge in [0, 0.05) is 15.3 Å². The Balaban J connectivity index is 0.000000396. The number of halogens is 6. The van der Waals surface area contributed by atoms with Crippen LogP contribution in [0.25, 0.3) is 22.3 Å². The third-order valence-electron chi connectivity index (χ3n) is 3.75. The van der Waals surface area contributed by atoms with Gasteiger partial charge in [-0.05, 0) is 22.8 Å². The number of rotatable bonds is 4. The second-order valence-electron chi connectivity index (χ2n) is 6.09. The summed E-state index contributed by atoms with van der Waals surface area (Å²) in [6.07, 6.45) is 0. The maximum Gasteiger partial charge on any atom is 0.463 e. The molecule has 3 aromatic carbocycles. The minimum atomic E-state index is -10.7. The van der Waals surface area contributed by atoms with Crippen LogP contribution < -0.4 is 0 Å². The number of hydrogen-bond donors (Lipinski definition) is 0. The van der Waals surface area contributed by atoms with Crippen LogP contribution in [0, 0.1) is 11.3 Å². The first-order valence-corrected chi connectivity index (χ1v) is 11.2. The fourth-order valence-corrected chi connectivity index (χ4v) is 3.13. The van der Waals surface area contributed by atoms with Crippen molar-refractivity contribution in [3.05, 3.63) is 83.9 Å². The van der Waals surface area contributed by atoms with Crippen molar-refractivity contribution < 1.29 is 29.4 Å². The summed E-state index contributed by atoms with van der Waals surface area (Å²) in [7, 11) is -10.7. The van der Waals surface area contributed by atoms with Crippen LogP contribution in [0.5, 0.6) is 0 Å². The SMILES string of the molecule is F[P-](F)(F)(F)(F)F.N#Cc1ccc(C[S+]=O)c(-c2ccccc2)c1-c1ccccc1. The molecule has 0 amide bonds. The van der Waals surface area contributed by atoms with E-state index in [0.29, 0.717) is 23.0 Å². The van der Waals surface area contributed by atoms with Gasteiger partial charge in [0.05, 0.1) is 11.6 Å². The molecule has 10 heteroatoms. The maximum absolute atomic E-state index is 11.1. The molecule has 0 radical (unpaired) electrons. The molecule has 0 saturated carbocycles. The second kappa shape index (κ2) is 8.13. The summed E-state index contributed by atoms with van der Waals surface area (Å²) in [6, 6.07) is 25.8. The molecule has 2 nitrogen and oxygen atoms in total. The fraction of sp³-hybridized carbons (Fsp3) is 0.0500. The molecule has 0 aliphatic rings. The second-order valence-corrected chi connectivity index (χ2v) is 8.53. The van der Waals surface area contributed by atoms with Gasteiger partial charge < -0.3 is 0 Å². The molecule has 0 aliphatic carbocycles. The standard InChI is InChI=1S/C20H14NOS.F6P/c21-13-17-11-12-18(14-23-22)20(16-9-5-2-6-10-16)19(17)15-7-3-1-4-8-15;1-7(2,3,4,5)6/h1-12H,14H2;/q+1;-1. The predicted octanol–water partition coefficient (Wildman–Crippen LogP) is 8.20. The molecule has 0 unspecified atom stereocenters. The van der Waals surface area contributed by atoms with E-state index < -0.39 is 7.81 Å². The van der Waals surface area contributed by atoms with Gasteiger partial charge in [0.15, 0.2) is 0 Å². The summed E-state index contributed by atoms with van der Waals surface area (Å²) in [5, 5.41) is 9.55. The molecular formula is C20H14F6NOPS. The van der Waals surface area contributed by atoms with Crippen LogP contribution in [0.4, 0.5) is 25.2 Å². The Labute approximate surface area is 172 Å². The van der Waals surface area contributed by atoms with Gasteiger partial charge in [-0.15, -0.1) is 0 Å². The van der Waals surface area contributed by atoms with Gasteiger partial charge in [-0.25, -0.2) is 0 Å². The van der Waals surface area contributed by atoms with Gasteiger partial charge in [0.2, 0.25) is 0 Å². The summed E-state index contributed by atoms with van der Waals surface area (Å²) in [5.41, 5.74) is 5.45. The first kappa shape index (κ1) is 23.5. The van der Waals surface area contributed by atoms with Crippen LogP contribution in [0.15, 0.2) is 72.8 Å². The van der Waals surface area contributed by atoms with E-state index in [0.717, 1.165) is 27.8 Å². The molecular weight excluding hydrogens is 447 g/mol. The van der Waals surface area contributed by atoms with Crippen molar-refractivity contribution in [2.24, 2.45) is 0 Å². The zero-order chi connectivity index (χ0) is 22.5. The molecule has 3 rings (SSSR count). The molecule has 158 valence electrons. The first-order chi connectivity index (χ1) is 13.8. The molecule has 0 atom stereocenters. The largest absolute Gasteiger partial charge is 0.463 e. The zero-order valence-corrected chi connectivity index (χ0v) is 16.8. The van der Waals surface area contributed by atoms with Crippen LogP contribution in [0.2, 0.25) is 0 Å². The van der Waals surface area contributed by atoms with Crippen LogP contribution >= 0.6 is 7.81 Å². The monoisotopic (exact) mass is 461 g/mol.